The topological polar surface area (TPSA) is 46.5 Å². The van der Waals surface area contributed by atoms with Crippen molar-refractivity contribution in [3.05, 3.63) is 94.9 Å². The highest BCUT2D eigenvalue weighted by Gasteiger charge is 2.35. The second-order valence-electron chi connectivity index (χ2n) is 13.3. The van der Waals surface area contributed by atoms with E-state index in [4.69, 9.17) is 10.1 Å². The summed E-state index contributed by atoms with van der Waals surface area (Å²) in [6.45, 7) is 6.93. The van der Waals surface area contributed by atoms with Gasteiger partial charge in [-0.2, -0.15) is 28.6 Å². The van der Waals surface area contributed by atoms with Crippen molar-refractivity contribution in [2.45, 2.75) is 68.1 Å². The number of aromatic nitrogens is 4. The van der Waals surface area contributed by atoms with Gasteiger partial charge in [0.25, 0.3) is 0 Å². The number of H-pyrrole nitrogens is 1. The Labute approximate surface area is 283 Å². The Kier molecular flexibility index (Phi) is 9.93. The van der Waals surface area contributed by atoms with Crippen molar-refractivity contribution in [1.29, 1.82) is 0 Å². The zero-order valence-electron chi connectivity index (χ0n) is 27.3. The van der Waals surface area contributed by atoms with Crippen LogP contribution in [0.4, 0.5) is 8.78 Å². The quantitative estimate of drug-likeness (QED) is 0.205. The fourth-order valence-electron chi connectivity index (χ4n) is 6.48. The minimum absolute atomic E-state index is 0.128. The molecule has 1 aliphatic heterocycles. The molecule has 1 atom stereocenters. The third kappa shape index (κ3) is 6.92. The SMILES string of the molecule is CSCCc1cccc([C@@]2(C)CCCC(C)(C)CSCCc3c(c(F)cc4[nH]ccc34)Sc3ccc(F)c(c3)-c3nc2nn3C)c1. The normalized spacial score (nSPS) is 19.0. The van der Waals surface area contributed by atoms with Crippen LogP contribution in [0.25, 0.3) is 22.3 Å². The first-order chi connectivity index (χ1) is 22.1. The van der Waals surface area contributed by atoms with Crippen LogP contribution in [0.5, 0.6) is 0 Å². The van der Waals surface area contributed by atoms with Crippen LogP contribution in [0.15, 0.2) is 70.6 Å². The number of aromatic amines is 1. The monoisotopic (exact) mass is 676 g/mol. The highest BCUT2D eigenvalue weighted by Crippen LogP contribution is 2.42. The molecule has 242 valence electrons. The number of nitrogens with zero attached hydrogens (tertiary/aromatic N) is 3. The molecule has 5 aromatic rings. The molecule has 4 bridgehead atoms. The fraction of sp³-hybridized carbons (Fsp3) is 0.405. The van der Waals surface area contributed by atoms with E-state index in [0.717, 1.165) is 70.7 Å². The highest BCUT2D eigenvalue weighted by atomic mass is 32.2. The smallest absolute Gasteiger partial charge is 0.161 e. The number of fused-ring (bicyclic) bond motifs is 8. The van der Waals surface area contributed by atoms with Gasteiger partial charge in [0.1, 0.15) is 11.6 Å². The summed E-state index contributed by atoms with van der Waals surface area (Å²) in [6, 6.07) is 17.4. The molecule has 1 N–H and O–H groups in total. The molecule has 6 rings (SSSR count). The van der Waals surface area contributed by atoms with Crippen LogP contribution in [0.1, 0.15) is 62.5 Å². The second kappa shape index (κ2) is 13.8. The number of benzene rings is 3. The number of aryl methyl sites for hydroxylation is 3. The summed E-state index contributed by atoms with van der Waals surface area (Å²) in [4.78, 5) is 9.61. The maximum absolute atomic E-state index is 15.7. The van der Waals surface area contributed by atoms with E-state index in [-0.39, 0.29) is 17.0 Å². The lowest BCUT2D eigenvalue weighted by molar-refractivity contribution is 0.342. The predicted molar refractivity (Wildman–Crippen MR) is 192 cm³/mol. The third-order valence-corrected chi connectivity index (χ3v) is 12.4. The van der Waals surface area contributed by atoms with Crippen LogP contribution in [-0.4, -0.2) is 43.3 Å². The Morgan fingerprint density at radius 1 is 1.02 bits per heavy atom. The molecule has 0 unspecified atom stereocenters. The van der Waals surface area contributed by atoms with E-state index in [1.807, 2.05) is 42.8 Å². The number of hydrogen-bond donors (Lipinski definition) is 1. The van der Waals surface area contributed by atoms with Crippen LogP contribution in [0.3, 0.4) is 0 Å². The van der Waals surface area contributed by atoms with Gasteiger partial charge in [-0.3, -0.25) is 0 Å². The first kappa shape index (κ1) is 33.2. The number of nitrogens with one attached hydrogen (secondary N) is 1. The third-order valence-electron chi connectivity index (χ3n) is 9.20. The lowest BCUT2D eigenvalue weighted by atomic mass is 9.75. The van der Waals surface area contributed by atoms with Gasteiger partial charge >= 0.3 is 0 Å². The molecule has 0 aliphatic carbocycles. The van der Waals surface area contributed by atoms with Gasteiger partial charge in [-0.05, 0) is 109 Å². The molecule has 0 spiro atoms. The summed E-state index contributed by atoms with van der Waals surface area (Å²) in [5.74, 6) is 3.52. The van der Waals surface area contributed by atoms with Gasteiger partial charge in [-0.1, -0.05) is 56.3 Å². The molecule has 0 fully saturated rings. The van der Waals surface area contributed by atoms with Gasteiger partial charge < -0.3 is 4.98 Å². The summed E-state index contributed by atoms with van der Waals surface area (Å²) in [7, 11) is 1.83. The highest BCUT2D eigenvalue weighted by molar-refractivity contribution is 7.99. The molecule has 46 heavy (non-hydrogen) atoms. The Balaban J connectivity index is 1.47. The molecule has 0 amide bonds. The Morgan fingerprint density at radius 2 is 1.87 bits per heavy atom. The molecule has 3 aromatic carbocycles. The maximum Gasteiger partial charge on any atom is 0.161 e. The van der Waals surface area contributed by atoms with Crippen LogP contribution < -0.4 is 0 Å². The van der Waals surface area contributed by atoms with Gasteiger partial charge in [0.15, 0.2) is 11.6 Å². The van der Waals surface area contributed by atoms with Crippen LogP contribution in [-0.2, 0) is 25.3 Å². The second-order valence-corrected chi connectivity index (χ2v) is 16.5. The van der Waals surface area contributed by atoms with Crippen molar-refractivity contribution in [2.24, 2.45) is 12.5 Å². The van der Waals surface area contributed by atoms with Gasteiger partial charge in [-0.15, -0.1) is 0 Å². The van der Waals surface area contributed by atoms with E-state index >= 15 is 8.78 Å². The summed E-state index contributed by atoms with van der Waals surface area (Å²) in [5.41, 5.74) is 4.34. The van der Waals surface area contributed by atoms with Crippen molar-refractivity contribution < 1.29 is 8.78 Å². The Hall–Kier alpha value is -2.75. The molecular formula is C37H42F2N4S3. The van der Waals surface area contributed by atoms with Crippen molar-refractivity contribution in [3.8, 4) is 11.4 Å². The number of thioether (sulfide) groups is 2. The molecule has 0 radical (unpaired) electrons. The van der Waals surface area contributed by atoms with Crippen molar-refractivity contribution >= 4 is 46.2 Å². The molecule has 9 heteroatoms. The molecule has 4 nitrogen and oxygen atoms in total. The first-order valence-corrected chi connectivity index (χ1v) is 19.3. The standard InChI is InChI=1S/C37H42F2N4S3/c1-36(2)15-7-16-37(3,25-9-6-8-24(20-25)13-18-44-5)35-41-34(43(4)42-35)29-21-26(10-11-30(29)38)46-33-28(14-19-45-23-36)27-12-17-40-32(27)22-31(33)39/h6,8-12,17,20-22,40H,7,13-16,18-19,23H2,1-5H3/t37-/m1/s1. The Bertz CT molecular complexity index is 1850. The van der Waals surface area contributed by atoms with Crippen LogP contribution >= 0.6 is 35.3 Å². The van der Waals surface area contributed by atoms with E-state index in [2.05, 4.69) is 56.3 Å². The number of hydrogen-bond acceptors (Lipinski definition) is 5. The molecule has 2 aromatic heterocycles. The largest absolute Gasteiger partial charge is 0.361 e. The number of halogens is 2. The summed E-state index contributed by atoms with van der Waals surface area (Å²) >= 11 is 5.14. The average molecular weight is 677 g/mol. The summed E-state index contributed by atoms with van der Waals surface area (Å²) in [6.07, 6.45) is 8.71. The van der Waals surface area contributed by atoms with Gasteiger partial charge in [-0.25, -0.2) is 18.4 Å². The number of rotatable bonds is 4. The zero-order valence-corrected chi connectivity index (χ0v) is 29.7. The molecular weight excluding hydrogens is 635 g/mol. The first-order valence-electron chi connectivity index (χ1n) is 15.9. The van der Waals surface area contributed by atoms with E-state index in [0.29, 0.717) is 22.1 Å². The fourth-order valence-corrected chi connectivity index (χ4v) is 9.15. The van der Waals surface area contributed by atoms with Gasteiger partial charge in [0.2, 0.25) is 0 Å². The zero-order chi connectivity index (χ0) is 32.5. The van der Waals surface area contributed by atoms with E-state index in [1.54, 1.807) is 22.9 Å². The molecule has 1 aliphatic rings. The minimum atomic E-state index is -0.452. The summed E-state index contributed by atoms with van der Waals surface area (Å²) in [5, 5.41) is 6.00. The molecule has 3 heterocycles. The van der Waals surface area contributed by atoms with Crippen LogP contribution in [0, 0.1) is 17.0 Å². The predicted octanol–water partition coefficient (Wildman–Crippen LogP) is 10.1. The Morgan fingerprint density at radius 3 is 2.70 bits per heavy atom. The van der Waals surface area contributed by atoms with E-state index in [1.165, 1.54) is 29.0 Å². The van der Waals surface area contributed by atoms with Gasteiger partial charge in [0, 0.05) is 29.0 Å². The van der Waals surface area contributed by atoms with E-state index < -0.39 is 5.41 Å². The van der Waals surface area contributed by atoms with Gasteiger partial charge in [0.05, 0.1) is 15.9 Å². The average Bonchev–Trinajstić information content (AvgIpc) is 3.66. The van der Waals surface area contributed by atoms with E-state index in [9.17, 15) is 0 Å². The molecule has 0 saturated heterocycles. The van der Waals surface area contributed by atoms with Crippen LogP contribution in [0.2, 0.25) is 0 Å². The van der Waals surface area contributed by atoms with Crippen molar-refractivity contribution in [1.82, 2.24) is 19.7 Å². The maximum atomic E-state index is 15.7. The van der Waals surface area contributed by atoms with Crippen molar-refractivity contribution in [2.75, 3.05) is 23.5 Å². The lowest BCUT2D eigenvalue weighted by Crippen LogP contribution is -2.27. The molecule has 0 saturated carbocycles. The van der Waals surface area contributed by atoms with Crippen molar-refractivity contribution in [3.63, 3.8) is 0 Å². The minimum Gasteiger partial charge on any atom is -0.361 e. The summed E-state index contributed by atoms with van der Waals surface area (Å²) < 4.78 is 33.0. The lowest BCUT2D eigenvalue weighted by Gasteiger charge is -2.30.